The molecule has 3 nitrogen and oxygen atoms in total. The maximum absolute atomic E-state index is 12.0. The minimum Gasteiger partial charge on any atom is -0.423 e. The molecule has 0 saturated heterocycles. The molecule has 0 aliphatic heterocycles. The highest BCUT2D eigenvalue weighted by Gasteiger charge is 2.15. The minimum atomic E-state index is -0.438. The van der Waals surface area contributed by atoms with E-state index >= 15 is 0 Å². The zero-order valence-electron chi connectivity index (χ0n) is 12.0. The number of hydrogen-bond donors (Lipinski definition) is 1. The lowest BCUT2D eigenvalue weighted by Crippen LogP contribution is -2.12. The van der Waals surface area contributed by atoms with Gasteiger partial charge in [0.15, 0.2) is 0 Å². The summed E-state index contributed by atoms with van der Waals surface area (Å²) in [6.45, 7) is 6.41. The predicted octanol–water partition coefficient (Wildman–Crippen LogP) is 3.79. The van der Waals surface area contributed by atoms with Crippen LogP contribution in [0.5, 0.6) is 5.75 Å². The van der Waals surface area contributed by atoms with Gasteiger partial charge < -0.3 is 10.5 Å². The Labute approximate surface area is 119 Å². The van der Waals surface area contributed by atoms with E-state index < -0.39 is 5.97 Å². The molecule has 20 heavy (non-hydrogen) atoms. The number of carbonyl (C=O) groups is 1. The lowest BCUT2D eigenvalue weighted by Gasteiger charge is -2.19. The van der Waals surface area contributed by atoms with Crippen molar-refractivity contribution >= 4 is 11.7 Å². The summed E-state index contributed by atoms with van der Waals surface area (Å²) in [5.41, 5.74) is 7.82. The van der Waals surface area contributed by atoms with Gasteiger partial charge >= 0.3 is 5.97 Å². The van der Waals surface area contributed by atoms with E-state index in [1.54, 1.807) is 36.4 Å². The first-order chi connectivity index (χ1) is 9.38. The van der Waals surface area contributed by atoms with Crippen LogP contribution in [0.3, 0.4) is 0 Å². The summed E-state index contributed by atoms with van der Waals surface area (Å²) in [6, 6.07) is 14.4. The quantitative estimate of drug-likeness (QED) is 0.512. The van der Waals surface area contributed by atoms with E-state index in [1.807, 2.05) is 12.1 Å². The summed E-state index contributed by atoms with van der Waals surface area (Å²) in [6.07, 6.45) is 0. The van der Waals surface area contributed by atoms with Gasteiger partial charge in [-0.05, 0) is 35.2 Å². The molecule has 0 aromatic heterocycles. The van der Waals surface area contributed by atoms with Crippen molar-refractivity contribution in [3.63, 3.8) is 0 Å². The Balaban J connectivity index is 2.15. The van der Waals surface area contributed by atoms with Crippen LogP contribution in [-0.4, -0.2) is 5.97 Å². The van der Waals surface area contributed by atoms with E-state index in [0.717, 1.165) is 0 Å². The summed E-state index contributed by atoms with van der Waals surface area (Å²) in [5, 5.41) is 0. The van der Waals surface area contributed by atoms with Crippen LogP contribution >= 0.6 is 0 Å². The van der Waals surface area contributed by atoms with E-state index in [1.165, 1.54) is 5.56 Å². The lowest BCUT2D eigenvalue weighted by molar-refractivity contribution is 0.0736. The molecule has 2 rings (SSSR count). The largest absolute Gasteiger partial charge is 0.423 e. The van der Waals surface area contributed by atoms with Crippen molar-refractivity contribution in [1.29, 1.82) is 0 Å². The SMILES string of the molecule is CC(C)(C)c1ccc(OC(=O)c2ccccc2N)cc1. The smallest absolute Gasteiger partial charge is 0.345 e. The molecule has 3 heteroatoms. The number of rotatable bonds is 2. The molecule has 0 amide bonds. The van der Waals surface area contributed by atoms with Gasteiger partial charge in [-0.1, -0.05) is 45.0 Å². The third-order valence-electron chi connectivity index (χ3n) is 3.11. The van der Waals surface area contributed by atoms with Crippen LogP contribution in [0.1, 0.15) is 36.7 Å². The number of ether oxygens (including phenoxy) is 1. The van der Waals surface area contributed by atoms with E-state index in [9.17, 15) is 4.79 Å². The van der Waals surface area contributed by atoms with Crippen molar-refractivity contribution in [3.05, 3.63) is 59.7 Å². The zero-order chi connectivity index (χ0) is 14.8. The molecule has 0 fully saturated rings. The fourth-order valence-corrected chi connectivity index (χ4v) is 1.87. The second kappa shape index (κ2) is 5.37. The van der Waals surface area contributed by atoms with Crippen LogP contribution in [0.2, 0.25) is 0 Å². The van der Waals surface area contributed by atoms with Crippen molar-refractivity contribution in [2.45, 2.75) is 26.2 Å². The highest BCUT2D eigenvalue weighted by molar-refractivity contribution is 5.96. The molecule has 0 heterocycles. The van der Waals surface area contributed by atoms with E-state index in [-0.39, 0.29) is 5.41 Å². The Hall–Kier alpha value is -2.29. The Morgan fingerprint density at radius 3 is 2.15 bits per heavy atom. The van der Waals surface area contributed by atoms with Gasteiger partial charge in [0.05, 0.1) is 5.56 Å². The Morgan fingerprint density at radius 2 is 1.60 bits per heavy atom. The van der Waals surface area contributed by atoms with Crippen LogP contribution in [0.4, 0.5) is 5.69 Å². The molecule has 0 aliphatic rings. The molecule has 0 aliphatic carbocycles. The molecule has 0 bridgehead atoms. The first kappa shape index (κ1) is 14.1. The minimum absolute atomic E-state index is 0.0758. The molecular weight excluding hydrogens is 250 g/mol. The van der Waals surface area contributed by atoms with E-state index in [0.29, 0.717) is 17.0 Å². The fraction of sp³-hybridized carbons (Fsp3) is 0.235. The highest BCUT2D eigenvalue weighted by atomic mass is 16.5. The van der Waals surface area contributed by atoms with Gasteiger partial charge in [-0.3, -0.25) is 0 Å². The average Bonchev–Trinajstić information content (AvgIpc) is 2.38. The predicted molar refractivity (Wildman–Crippen MR) is 81.0 cm³/mol. The molecule has 2 aromatic rings. The molecule has 0 unspecified atom stereocenters. The Morgan fingerprint density at radius 1 is 1.00 bits per heavy atom. The van der Waals surface area contributed by atoms with Gasteiger partial charge in [-0.15, -0.1) is 0 Å². The molecular formula is C17H19NO2. The van der Waals surface area contributed by atoms with Gasteiger partial charge in [0, 0.05) is 5.69 Å². The number of carbonyl (C=O) groups excluding carboxylic acids is 1. The molecule has 0 atom stereocenters. The topological polar surface area (TPSA) is 52.3 Å². The summed E-state index contributed by atoms with van der Waals surface area (Å²) < 4.78 is 5.33. The molecule has 0 saturated carbocycles. The van der Waals surface area contributed by atoms with E-state index in [2.05, 4.69) is 20.8 Å². The monoisotopic (exact) mass is 269 g/mol. The number of nitrogens with two attached hydrogens (primary N) is 1. The molecule has 2 N–H and O–H groups in total. The molecule has 2 aromatic carbocycles. The number of anilines is 1. The lowest BCUT2D eigenvalue weighted by atomic mass is 9.87. The Bertz CT molecular complexity index is 610. The third kappa shape index (κ3) is 3.18. The zero-order valence-corrected chi connectivity index (χ0v) is 12.0. The normalized spacial score (nSPS) is 11.2. The van der Waals surface area contributed by atoms with Crippen LogP contribution in [-0.2, 0) is 5.41 Å². The van der Waals surface area contributed by atoms with Crippen molar-refractivity contribution in [1.82, 2.24) is 0 Å². The first-order valence-corrected chi connectivity index (χ1v) is 6.55. The van der Waals surface area contributed by atoms with Gasteiger partial charge in [-0.25, -0.2) is 4.79 Å². The highest BCUT2D eigenvalue weighted by Crippen LogP contribution is 2.25. The summed E-state index contributed by atoms with van der Waals surface area (Å²) >= 11 is 0. The van der Waals surface area contributed by atoms with Crippen molar-refractivity contribution in [2.24, 2.45) is 0 Å². The second-order valence-corrected chi connectivity index (χ2v) is 5.75. The molecule has 0 radical (unpaired) electrons. The summed E-state index contributed by atoms with van der Waals surface area (Å²) in [5.74, 6) is 0.0814. The van der Waals surface area contributed by atoms with Crippen LogP contribution in [0.15, 0.2) is 48.5 Å². The number of esters is 1. The van der Waals surface area contributed by atoms with Crippen molar-refractivity contribution in [3.8, 4) is 5.75 Å². The van der Waals surface area contributed by atoms with Crippen molar-refractivity contribution < 1.29 is 9.53 Å². The Kier molecular flexibility index (Phi) is 3.79. The number of nitrogen functional groups attached to an aromatic ring is 1. The number of benzene rings is 2. The summed E-state index contributed by atoms with van der Waals surface area (Å²) in [4.78, 5) is 12.0. The van der Waals surface area contributed by atoms with Gasteiger partial charge in [0.1, 0.15) is 5.75 Å². The standard InChI is InChI=1S/C17H19NO2/c1-17(2,3)12-8-10-13(11-9-12)20-16(19)14-6-4-5-7-15(14)18/h4-11H,18H2,1-3H3. The van der Waals surface area contributed by atoms with Crippen LogP contribution < -0.4 is 10.5 Å². The number of para-hydroxylation sites is 1. The van der Waals surface area contributed by atoms with Gasteiger partial charge in [-0.2, -0.15) is 0 Å². The average molecular weight is 269 g/mol. The molecule has 104 valence electrons. The molecule has 0 spiro atoms. The van der Waals surface area contributed by atoms with Crippen LogP contribution in [0.25, 0.3) is 0 Å². The first-order valence-electron chi connectivity index (χ1n) is 6.55. The fourth-order valence-electron chi connectivity index (χ4n) is 1.87. The second-order valence-electron chi connectivity index (χ2n) is 5.75. The van der Waals surface area contributed by atoms with Crippen molar-refractivity contribution in [2.75, 3.05) is 5.73 Å². The van der Waals surface area contributed by atoms with E-state index in [4.69, 9.17) is 10.5 Å². The van der Waals surface area contributed by atoms with Gasteiger partial charge in [0.25, 0.3) is 0 Å². The van der Waals surface area contributed by atoms with Gasteiger partial charge in [0.2, 0.25) is 0 Å². The van der Waals surface area contributed by atoms with Crippen LogP contribution in [0, 0.1) is 0 Å². The maximum Gasteiger partial charge on any atom is 0.345 e. The summed E-state index contributed by atoms with van der Waals surface area (Å²) in [7, 11) is 0. The number of hydrogen-bond acceptors (Lipinski definition) is 3. The maximum atomic E-state index is 12.0. The third-order valence-corrected chi connectivity index (χ3v) is 3.11.